The topological polar surface area (TPSA) is 104 Å². The first-order valence-corrected chi connectivity index (χ1v) is 10.0. The Bertz CT molecular complexity index is 954. The number of carbonyl (C=O) groups is 2. The molecule has 150 valence electrons. The van der Waals surface area contributed by atoms with Gasteiger partial charge in [0.25, 0.3) is 5.91 Å². The molecular weight excluding hydrogens is 368 g/mol. The third-order valence-electron chi connectivity index (χ3n) is 5.20. The zero-order chi connectivity index (χ0) is 20.1. The number of aromatic nitrogens is 4. The summed E-state index contributed by atoms with van der Waals surface area (Å²) in [6, 6.07) is 7.90. The van der Waals surface area contributed by atoms with Crippen LogP contribution in [0.3, 0.4) is 0 Å². The van der Waals surface area contributed by atoms with Crippen molar-refractivity contribution in [2.45, 2.75) is 38.1 Å². The largest absolute Gasteiger partial charge is 0.351 e. The number of carbonyl (C=O) groups excluding carboxylic acids is 2. The van der Waals surface area contributed by atoms with Crippen LogP contribution in [-0.4, -0.2) is 49.7 Å². The second kappa shape index (κ2) is 8.81. The van der Waals surface area contributed by atoms with Crippen molar-refractivity contribution in [3.63, 3.8) is 0 Å². The highest BCUT2D eigenvalue weighted by molar-refractivity contribution is 5.91. The van der Waals surface area contributed by atoms with E-state index in [4.69, 9.17) is 4.98 Å². The first kappa shape index (κ1) is 19.0. The van der Waals surface area contributed by atoms with Crippen molar-refractivity contribution in [1.82, 2.24) is 30.2 Å². The number of hydrogen-bond acceptors (Lipinski definition) is 5. The molecule has 8 nitrogen and oxygen atoms in total. The van der Waals surface area contributed by atoms with Gasteiger partial charge in [0.1, 0.15) is 11.5 Å². The third-order valence-corrected chi connectivity index (χ3v) is 5.20. The molecule has 0 radical (unpaired) electrons. The Morgan fingerprint density at radius 1 is 1.21 bits per heavy atom. The van der Waals surface area contributed by atoms with Crippen LogP contribution in [0.15, 0.2) is 42.9 Å². The van der Waals surface area contributed by atoms with Crippen molar-refractivity contribution in [2.24, 2.45) is 0 Å². The number of fused-ring (bicyclic) bond motifs is 1. The Morgan fingerprint density at radius 2 is 2.10 bits per heavy atom. The van der Waals surface area contributed by atoms with E-state index in [1.807, 2.05) is 29.2 Å². The highest BCUT2D eigenvalue weighted by Gasteiger charge is 2.29. The fourth-order valence-corrected chi connectivity index (χ4v) is 3.74. The molecule has 1 aliphatic rings. The third kappa shape index (κ3) is 4.42. The minimum Gasteiger partial charge on any atom is -0.351 e. The molecule has 1 aliphatic heterocycles. The number of nitrogens with one attached hydrogen (secondary N) is 2. The maximum atomic E-state index is 12.9. The summed E-state index contributed by atoms with van der Waals surface area (Å²) in [5.41, 5.74) is 2.19. The van der Waals surface area contributed by atoms with E-state index >= 15 is 0 Å². The number of aromatic amines is 1. The number of likely N-dealkylation sites (tertiary alicyclic amines) is 1. The summed E-state index contributed by atoms with van der Waals surface area (Å²) in [5.74, 6) is 0.683. The van der Waals surface area contributed by atoms with E-state index in [-0.39, 0.29) is 23.6 Å². The van der Waals surface area contributed by atoms with Gasteiger partial charge in [-0.1, -0.05) is 12.1 Å². The van der Waals surface area contributed by atoms with Crippen LogP contribution in [0.5, 0.6) is 0 Å². The molecule has 0 spiro atoms. The minimum absolute atomic E-state index is 0.0159. The number of hydrogen-bond donors (Lipinski definition) is 2. The average Bonchev–Trinajstić information content (AvgIpc) is 3.21. The molecule has 1 aromatic carbocycles. The first-order valence-electron chi connectivity index (χ1n) is 10.0. The van der Waals surface area contributed by atoms with Gasteiger partial charge in [-0.05, 0) is 37.8 Å². The lowest BCUT2D eigenvalue weighted by molar-refractivity contribution is -0.135. The molecule has 0 bridgehead atoms. The fourth-order valence-electron chi connectivity index (χ4n) is 3.74. The number of H-pyrrole nitrogens is 1. The molecule has 8 heteroatoms. The molecule has 2 aromatic heterocycles. The van der Waals surface area contributed by atoms with Crippen molar-refractivity contribution in [2.75, 3.05) is 13.1 Å². The van der Waals surface area contributed by atoms with Gasteiger partial charge in [-0.15, -0.1) is 0 Å². The Kier molecular flexibility index (Phi) is 5.79. The molecule has 2 N–H and O–H groups in total. The highest BCUT2D eigenvalue weighted by atomic mass is 16.2. The van der Waals surface area contributed by atoms with Crippen LogP contribution in [0.4, 0.5) is 0 Å². The van der Waals surface area contributed by atoms with Crippen molar-refractivity contribution < 1.29 is 9.59 Å². The fraction of sp³-hybridized carbons (Fsp3) is 0.381. The van der Waals surface area contributed by atoms with Crippen molar-refractivity contribution in [3.8, 4) is 0 Å². The summed E-state index contributed by atoms with van der Waals surface area (Å²) in [4.78, 5) is 42.7. The van der Waals surface area contributed by atoms with Gasteiger partial charge in [0.05, 0.1) is 23.3 Å². The number of amides is 2. The summed E-state index contributed by atoms with van der Waals surface area (Å²) in [6.07, 6.45) is 8.39. The van der Waals surface area contributed by atoms with Crippen molar-refractivity contribution in [1.29, 1.82) is 0 Å². The molecule has 0 saturated carbocycles. The number of benzene rings is 1. The van der Waals surface area contributed by atoms with Crippen LogP contribution in [-0.2, 0) is 4.79 Å². The van der Waals surface area contributed by atoms with Crippen LogP contribution < -0.4 is 5.32 Å². The van der Waals surface area contributed by atoms with E-state index < -0.39 is 0 Å². The van der Waals surface area contributed by atoms with Crippen LogP contribution in [0, 0.1) is 0 Å². The van der Waals surface area contributed by atoms with E-state index in [1.54, 1.807) is 0 Å². The quantitative estimate of drug-likeness (QED) is 0.628. The van der Waals surface area contributed by atoms with Gasteiger partial charge in [0.15, 0.2) is 0 Å². The molecule has 3 heterocycles. The molecule has 1 fully saturated rings. The van der Waals surface area contributed by atoms with Gasteiger partial charge < -0.3 is 15.2 Å². The molecule has 1 atom stereocenters. The Hall–Kier alpha value is -3.29. The molecule has 3 aromatic rings. The zero-order valence-corrected chi connectivity index (χ0v) is 16.2. The minimum atomic E-state index is -0.274. The Morgan fingerprint density at radius 3 is 2.93 bits per heavy atom. The SMILES string of the molecule is O=C(NCCCC(=O)N1CCCC[C@@H]1c1nc2ccccc2[nH]1)c1cnccn1. The van der Waals surface area contributed by atoms with Gasteiger partial charge >= 0.3 is 0 Å². The molecule has 0 aliphatic carbocycles. The van der Waals surface area contributed by atoms with Crippen molar-refractivity contribution in [3.05, 3.63) is 54.4 Å². The Labute approximate surface area is 168 Å². The number of para-hydroxylation sites is 2. The average molecular weight is 392 g/mol. The van der Waals surface area contributed by atoms with Gasteiger partial charge in [0.2, 0.25) is 5.91 Å². The molecule has 4 rings (SSSR count). The maximum Gasteiger partial charge on any atom is 0.271 e. The van der Waals surface area contributed by atoms with Gasteiger partial charge in [-0.25, -0.2) is 9.97 Å². The van der Waals surface area contributed by atoms with E-state index in [2.05, 4.69) is 20.3 Å². The van der Waals surface area contributed by atoms with E-state index in [0.29, 0.717) is 19.4 Å². The summed E-state index contributed by atoms with van der Waals surface area (Å²) < 4.78 is 0. The number of rotatable bonds is 6. The van der Waals surface area contributed by atoms with Crippen LogP contribution >= 0.6 is 0 Å². The lowest BCUT2D eigenvalue weighted by Crippen LogP contribution is -2.39. The number of piperidine rings is 1. The lowest BCUT2D eigenvalue weighted by atomic mass is 10.0. The summed E-state index contributed by atoms with van der Waals surface area (Å²) >= 11 is 0. The molecular formula is C21H24N6O2. The van der Waals surface area contributed by atoms with E-state index in [1.165, 1.54) is 18.6 Å². The smallest absolute Gasteiger partial charge is 0.271 e. The normalized spacial score (nSPS) is 16.7. The second-order valence-corrected chi connectivity index (χ2v) is 7.19. The van der Waals surface area contributed by atoms with Gasteiger partial charge in [-0.2, -0.15) is 0 Å². The predicted molar refractivity (Wildman–Crippen MR) is 108 cm³/mol. The lowest BCUT2D eigenvalue weighted by Gasteiger charge is -2.34. The first-order chi connectivity index (χ1) is 14.2. The van der Waals surface area contributed by atoms with Crippen LogP contribution in [0.2, 0.25) is 0 Å². The molecule has 29 heavy (non-hydrogen) atoms. The highest BCUT2D eigenvalue weighted by Crippen LogP contribution is 2.31. The number of imidazole rings is 1. The van der Waals surface area contributed by atoms with E-state index in [9.17, 15) is 9.59 Å². The summed E-state index contributed by atoms with van der Waals surface area (Å²) in [6.45, 7) is 1.16. The van der Waals surface area contributed by atoms with Crippen LogP contribution in [0.1, 0.15) is 54.5 Å². The monoisotopic (exact) mass is 392 g/mol. The Balaban J connectivity index is 1.33. The summed E-state index contributed by atoms with van der Waals surface area (Å²) in [5, 5.41) is 2.79. The molecule has 1 saturated heterocycles. The standard InChI is InChI=1S/C21H24N6O2/c28-19(9-5-10-24-21(29)17-14-22-11-12-23-17)27-13-4-3-8-18(27)20-25-15-6-1-2-7-16(15)26-20/h1-2,6-7,11-12,14,18H,3-5,8-10,13H2,(H,24,29)(H,25,26)/t18-/m1/s1. The molecule has 2 amide bonds. The molecule has 0 unspecified atom stereocenters. The number of nitrogens with zero attached hydrogens (tertiary/aromatic N) is 4. The maximum absolute atomic E-state index is 12.9. The van der Waals surface area contributed by atoms with Gasteiger partial charge in [-0.3, -0.25) is 14.6 Å². The second-order valence-electron chi connectivity index (χ2n) is 7.19. The van der Waals surface area contributed by atoms with E-state index in [0.717, 1.165) is 42.7 Å². The summed E-state index contributed by atoms with van der Waals surface area (Å²) in [7, 11) is 0. The van der Waals surface area contributed by atoms with Gasteiger partial charge in [0, 0.05) is 31.9 Å². The van der Waals surface area contributed by atoms with Crippen molar-refractivity contribution >= 4 is 22.8 Å². The zero-order valence-electron chi connectivity index (χ0n) is 16.2. The van der Waals surface area contributed by atoms with Crippen LogP contribution in [0.25, 0.3) is 11.0 Å². The predicted octanol–water partition coefficient (Wildman–Crippen LogP) is 2.62.